The zero-order chi connectivity index (χ0) is 17.7. The van der Waals surface area contributed by atoms with Crippen LogP contribution in [-0.4, -0.2) is 54.5 Å². The van der Waals surface area contributed by atoms with E-state index in [1.165, 1.54) is 5.56 Å². The lowest BCUT2D eigenvalue weighted by atomic mass is 9.97. The second-order valence-electron chi connectivity index (χ2n) is 7.75. The number of carbonyl (C=O) groups is 2. The van der Waals surface area contributed by atoms with E-state index in [2.05, 4.69) is 26.1 Å². The van der Waals surface area contributed by atoms with Crippen LogP contribution in [0.25, 0.3) is 0 Å². The molecule has 3 amide bonds. The number of benzene rings is 1. The van der Waals surface area contributed by atoms with Gasteiger partial charge in [0, 0.05) is 32.7 Å². The first-order valence-electron chi connectivity index (χ1n) is 8.61. The Hall–Kier alpha value is -2.04. The summed E-state index contributed by atoms with van der Waals surface area (Å²) < 4.78 is 0. The quantitative estimate of drug-likeness (QED) is 0.925. The van der Waals surface area contributed by atoms with Crippen molar-refractivity contribution in [1.29, 1.82) is 0 Å². The highest BCUT2D eigenvalue weighted by Crippen LogP contribution is 2.12. The van der Waals surface area contributed by atoms with Crippen LogP contribution in [0.1, 0.15) is 31.9 Å². The zero-order valence-electron chi connectivity index (χ0n) is 15.3. The number of nitrogens with zero attached hydrogens (tertiary/aromatic N) is 2. The molecule has 5 nitrogen and oxygen atoms in total. The fourth-order valence-corrected chi connectivity index (χ4v) is 2.60. The molecule has 1 N–H and O–H groups in total. The van der Waals surface area contributed by atoms with Gasteiger partial charge in [0.05, 0.1) is 6.42 Å². The maximum Gasteiger partial charge on any atom is 0.317 e. The molecule has 1 aromatic rings. The van der Waals surface area contributed by atoms with Crippen molar-refractivity contribution in [2.45, 2.75) is 34.1 Å². The second-order valence-corrected chi connectivity index (χ2v) is 7.75. The molecule has 0 aromatic heterocycles. The van der Waals surface area contributed by atoms with Gasteiger partial charge >= 0.3 is 6.03 Å². The molecule has 0 aliphatic carbocycles. The summed E-state index contributed by atoms with van der Waals surface area (Å²) in [5, 5.41) is 2.97. The fourth-order valence-electron chi connectivity index (χ4n) is 2.60. The van der Waals surface area contributed by atoms with E-state index in [0.717, 1.165) is 5.56 Å². The van der Waals surface area contributed by atoms with E-state index in [1.807, 2.05) is 36.1 Å². The smallest absolute Gasteiger partial charge is 0.317 e. The third-order valence-electron chi connectivity index (χ3n) is 4.17. The minimum Gasteiger partial charge on any atom is -0.339 e. The second kappa shape index (κ2) is 7.69. The van der Waals surface area contributed by atoms with Crippen LogP contribution in [0.2, 0.25) is 0 Å². The number of hydrogen-bond acceptors (Lipinski definition) is 2. The van der Waals surface area contributed by atoms with Crippen molar-refractivity contribution in [3.63, 3.8) is 0 Å². The Morgan fingerprint density at radius 3 is 2.08 bits per heavy atom. The van der Waals surface area contributed by atoms with Gasteiger partial charge in [-0.3, -0.25) is 4.79 Å². The van der Waals surface area contributed by atoms with Crippen molar-refractivity contribution in [1.82, 2.24) is 15.1 Å². The predicted octanol–water partition coefficient (Wildman–Crippen LogP) is 2.44. The number of nitrogens with one attached hydrogen (secondary N) is 1. The Morgan fingerprint density at radius 1 is 1.00 bits per heavy atom. The largest absolute Gasteiger partial charge is 0.339 e. The number of aryl methyl sites for hydroxylation is 1. The van der Waals surface area contributed by atoms with Crippen LogP contribution >= 0.6 is 0 Å². The topological polar surface area (TPSA) is 52.7 Å². The van der Waals surface area contributed by atoms with E-state index in [4.69, 9.17) is 0 Å². The zero-order valence-corrected chi connectivity index (χ0v) is 15.3. The molecule has 1 saturated heterocycles. The Balaban J connectivity index is 1.78. The van der Waals surface area contributed by atoms with Gasteiger partial charge in [-0.25, -0.2) is 4.79 Å². The van der Waals surface area contributed by atoms with Gasteiger partial charge in [-0.15, -0.1) is 0 Å². The van der Waals surface area contributed by atoms with Gasteiger partial charge in [-0.05, 0) is 17.9 Å². The monoisotopic (exact) mass is 331 g/mol. The molecule has 1 aromatic carbocycles. The average Bonchev–Trinajstić information content (AvgIpc) is 2.54. The van der Waals surface area contributed by atoms with Gasteiger partial charge < -0.3 is 15.1 Å². The van der Waals surface area contributed by atoms with E-state index in [9.17, 15) is 9.59 Å². The lowest BCUT2D eigenvalue weighted by molar-refractivity contribution is -0.131. The Labute approximate surface area is 145 Å². The van der Waals surface area contributed by atoms with Gasteiger partial charge in [-0.2, -0.15) is 0 Å². The van der Waals surface area contributed by atoms with Crippen LogP contribution < -0.4 is 5.32 Å². The highest BCUT2D eigenvalue weighted by Gasteiger charge is 2.24. The molecule has 1 aliphatic rings. The normalized spacial score (nSPS) is 15.3. The molecule has 132 valence electrons. The molecule has 1 fully saturated rings. The summed E-state index contributed by atoms with van der Waals surface area (Å²) in [4.78, 5) is 28.2. The first-order valence-corrected chi connectivity index (χ1v) is 8.61. The van der Waals surface area contributed by atoms with Crippen LogP contribution in [0.15, 0.2) is 24.3 Å². The van der Waals surface area contributed by atoms with Crippen LogP contribution in [-0.2, 0) is 11.2 Å². The van der Waals surface area contributed by atoms with Gasteiger partial charge in [0.1, 0.15) is 0 Å². The Bertz CT molecular complexity index is 567. The molecule has 0 spiro atoms. The van der Waals surface area contributed by atoms with E-state index in [1.54, 1.807) is 4.90 Å². The van der Waals surface area contributed by atoms with Crippen molar-refractivity contribution in [2.75, 3.05) is 32.7 Å². The van der Waals surface area contributed by atoms with E-state index in [0.29, 0.717) is 39.1 Å². The molecule has 1 heterocycles. The molecule has 5 heteroatoms. The van der Waals surface area contributed by atoms with Gasteiger partial charge in [0.15, 0.2) is 0 Å². The maximum atomic E-state index is 12.4. The third-order valence-corrected chi connectivity index (χ3v) is 4.17. The number of carbonyl (C=O) groups excluding carboxylic acids is 2. The van der Waals surface area contributed by atoms with Crippen molar-refractivity contribution in [3.05, 3.63) is 35.4 Å². The summed E-state index contributed by atoms with van der Waals surface area (Å²) in [6.07, 6.45) is 0.427. The molecular weight excluding hydrogens is 302 g/mol. The molecular formula is C19H29N3O2. The Morgan fingerprint density at radius 2 is 1.54 bits per heavy atom. The predicted molar refractivity (Wildman–Crippen MR) is 95.9 cm³/mol. The number of rotatable bonds is 3. The van der Waals surface area contributed by atoms with Crippen LogP contribution in [0.3, 0.4) is 0 Å². The maximum absolute atomic E-state index is 12.4. The summed E-state index contributed by atoms with van der Waals surface area (Å²) in [6.45, 7) is 11.4. The summed E-state index contributed by atoms with van der Waals surface area (Å²) in [6, 6.07) is 8.03. The van der Waals surface area contributed by atoms with Crippen molar-refractivity contribution >= 4 is 11.9 Å². The lowest BCUT2D eigenvalue weighted by Gasteiger charge is -2.35. The van der Waals surface area contributed by atoms with E-state index < -0.39 is 0 Å². The molecule has 1 aliphatic heterocycles. The molecule has 0 atom stereocenters. The van der Waals surface area contributed by atoms with Crippen LogP contribution in [0.4, 0.5) is 4.79 Å². The standard InChI is InChI=1S/C19H29N3O2/c1-15-5-7-16(8-6-15)13-17(23)21-9-11-22(12-10-21)18(24)20-14-19(2,3)4/h5-8H,9-14H2,1-4H3,(H,20,24). The SMILES string of the molecule is Cc1ccc(CC(=O)N2CCN(C(=O)NCC(C)(C)C)CC2)cc1. The number of amides is 3. The van der Waals surface area contributed by atoms with E-state index >= 15 is 0 Å². The van der Waals surface area contributed by atoms with Crippen molar-refractivity contribution in [2.24, 2.45) is 5.41 Å². The molecule has 0 saturated carbocycles. The highest BCUT2D eigenvalue weighted by molar-refractivity contribution is 5.79. The van der Waals surface area contributed by atoms with Gasteiger partial charge in [0.2, 0.25) is 5.91 Å². The number of urea groups is 1. The van der Waals surface area contributed by atoms with Gasteiger partial charge in [0.25, 0.3) is 0 Å². The third kappa shape index (κ3) is 5.55. The molecule has 0 unspecified atom stereocenters. The van der Waals surface area contributed by atoms with E-state index in [-0.39, 0.29) is 17.4 Å². The molecule has 0 radical (unpaired) electrons. The average molecular weight is 331 g/mol. The molecule has 2 rings (SSSR count). The summed E-state index contributed by atoms with van der Waals surface area (Å²) >= 11 is 0. The Kier molecular flexibility index (Phi) is 5.86. The van der Waals surface area contributed by atoms with Crippen LogP contribution in [0, 0.1) is 12.3 Å². The molecule has 24 heavy (non-hydrogen) atoms. The minimum atomic E-state index is -0.0319. The van der Waals surface area contributed by atoms with Crippen molar-refractivity contribution < 1.29 is 9.59 Å². The number of piperazine rings is 1. The highest BCUT2D eigenvalue weighted by atomic mass is 16.2. The summed E-state index contributed by atoms with van der Waals surface area (Å²) in [7, 11) is 0. The number of hydrogen-bond donors (Lipinski definition) is 1. The lowest BCUT2D eigenvalue weighted by Crippen LogP contribution is -2.54. The minimum absolute atomic E-state index is 0.0319. The first-order chi connectivity index (χ1) is 11.2. The fraction of sp³-hybridized carbons (Fsp3) is 0.579. The first kappa shape index (κ1) is 18.3. The summed E-state index contributed by atoms with van der Waals surface area (Å²) in [5.41, 5.74) is 2.30. The summed E-state index contributed by atoms with van der Waals surface area (Å²) in [5.74, 6) is 0.133. The van der Waals surface area contributed by atoms with Gasteiger partial charge in [-0.1, -0.05) is 50.6 Å². The molecule has 0 bridgehead atoms. The van der Waals surface area contributed by atoms with Crippen LogP contribution in [0.5, 0.6) is 0 Å². The van der Waals surface area contributed by atoms with Crippen molar-refractivity contribution in [3.8, 4) is 0 Å².